The highest BCUT2D eigenvalue weighted by molar-refractivity contribution is 5.89. The van der Waals surface area contributed by atoms with Crippen LogP contribution in [0.25, 0.3) is 0 Å². The minimum absolute atomic E-state index is 0.00264. The molecule has 0 heterocycles. The highest BCUT2D eigenvalue weighted by Gasteiger charge is 2.28. The van der Waals surface area contributed by atoms with E-state index in [1.807, 2.05) is 19.0 Å². The Bertz CT molecular complexity index is 709. The third-order valence-electron chi connectivity index (χ3n) is 5.63. The fourth-order valence-corrected chi connectivity index (χ4v) is 3.72. The van der Waals surface area contributed by atoms with Crippen LogP contribution in [0.5, 0.6) is 0 Å². The minimum Gasteiger partial charge on any atom is -0.370 e. The second-order valence-electron chi connectivity index (χ2n) is 8.59. The first-order chi connectivity index (χ1) is 14.6. The van der Waals surface area contributed by atoms with Crippen molar-refractivity contribution in [3.63, 3.8) is 0 Å². The molecule has 0 aliphatic heterocycles. The number of benzene rings is 1. The summed E-state index contributed by atoms with van der Waals surface area (Å²) in [5.41, 5.74) is 13.3. The largest absolute Gasteiger partial charge is 0.370 e. The Morgan fingerprint density at radius 2 is 1.58 bits per heavy atom. The molecular formula is C24H41N5O2. The van der Waals surface area contributed by atoms with Crippen molar-refractivity contribution in [2.75, 3.05) is 34.7 Å². The minimum atomic E-state index is -0.312. The molecule has 1 aromatic rings. The molecule has 0 aliphatic rings. The number of Topliss-reactive ketones (excluding diaryl/α,β-unsaturated/α-hetero) is 1. The number of hydrogen-bond donors (Lipinski definition) is 2. The summed E-state index contributed by atoms with van der Waals surface area (Å²) in [7, 11) is 7.34. The molecule has 31 heavy (non-hydrogen) atoms. The number of unbranched alkanes of at least 4 members (excludes halogenated alkanes) is 1. The highest BCUT2D eigenvalue weighted by Crippen LogP contribution is 2.20. The van der Waals surface area contributed by atoms with E-state index in [-0.39, 0.29) is 36.0 Å². The van der Waals surface area contributed by atoms with Crippen molar-refractivity contribution in [2.45, 2.75) is 57.9 Å². The molecule has 1 amide bonds. The van der Waals surface area contributed by atoms with E-state index in [9.17, 15) is 9.59 Å². The van der Waals surface area contributed by atoms with Gasteiger partial charge >= 0.3 is 0 Å². The number of hydrogen-bond acceptors (Lipinski definition) is 4. The first-order valence-electron chi connectivity index (χ1n) is 11.2. The normalized spacial score (nSPS) is 13.0. The van der Waals surface area contributed by atoms with Crippen molar-refractivity contribution in [3.05, 3.63) is 35.4 Å². The SMILES string of the molecule is CCc1ccc(CC[C@@H](C(=O)C[C@@H](CCCCN=C(N)N)C(=O)N(C)C)N(C)C)cc1. The summed E-state index contributed by atoms with van der Waals surface area (Å²) in [5.74, 6) is -0.107. The van der Waals surface area contributed by atoms with Crippen molar-refractivity contribution in [1.82, 2.24) is 9.80 Å². The van der Waals surface area contributed by atoms with Gasteiger partial charge in [-0.15, -0.1) is 0 Å². The fourth-order valence-electron chi connectivity index (χ4n) is 3.72. The second kappa shape index (κ2) is 13.8. The Balaban J connectivity index is 2.73. The summed E-state index contributed by atoms with van der Waals surface area (Å²) in [6, 6.07) is 8.38. The molecule has 0 saturated heterocycles. The van der Waals surface area contributed by atoms with Gasteiger partial charge in [-0.1, -0.05) is 37.6 Å². The molecule has 1 rings (SSSR count). The third kappa shape index (κ3) is 9.96. The fraction of sp³-hybridized carbons (Fsp3) is 0.625. The predicted octanol–water partition coefficient (Wildman–Crippen LogP) is 2.22. The lowest BCUT2D eigenvalue weighted by molar-refractivity contribution is -0.137. The van der Waals surface area contributed by atoms with Gasteiger partial charge in [-0.3, -0.25) is 19.5 Å². The van der Waals surface area contributed by atoms with Crippen molar-refractivity contribution >= 4 is 17.6 Å². The molecule has 7 nitrogen and oxygen atoms in total. The van der Waals surface area contributed by atoms with Crippen LogP contribution in [0.1, 0.15) is 50.2 Å². The maximum Gasteiger partial charge on any atom is 0.225 e. The summed E-state index contributed by atoms with van der Waals surface area (Å²) in [6.45, 7) is 2.68. The standard InChI is InChI=1S/C24H41N5O2/c1-6-18-10-12-19(13-11-18)14-15-21(28(2)3)22(30)17-20(23(31)29(4)5)9-7-8-16-27-24(25)26/h10-13,20-21H,6-9,14-17H2,1-5H3,(H4,25,26,27)/t20-,21+/m1/s1. The van der Waals surface area contributed by atoms with Crippen LogP contribution < -0.4 is 11.5 Å². The van der Waals surface area contributed by atoms with Gasteiger partial charge in [0.25, 0.3) is 0 Å². The van der Waals surface area contributed by atoms with Crippen molar-refractivity contribution in [1.29, 1.82) is 0 Å². The lowest BCUT2D eigenvalue weighted by Gasteiger charge is -2.26. The Morgan fingerprint density at radius 1 is 0.968 bits per heavy atom. The van der Waals surface area contributed by atoms with Crippen LogP contribution in [0.4, 0.5) is 0 Å². The number of likely N-dealkylation sites (N-methyl/N-ethyl adjacent to an activating group) is 1. The van der Waals surface area contributed by atoms with E-state index in [2.05, 4.69) is 36.2 Å². The molecule has 0 unspecified atom stereocenters. The molecule has 0 fully saturated rings. The summed E-state index contributed by atoms with van der Waals surface area (Å²) in [4.78, 5) is 33.4. The van der Waals surface area contributed by atoms with Crippen LogP contribution in [0.3, 0.4) is 0 Å². The summed E-state index contributed by atoms with van der Waals surface area (Å²) in [6.07, 6.45) is 5.09. The average Bonchev–Trinajstić information content (AvgIpc) is 2.72. The number of nitrogens with zero attached hydrogens (tertiary/aromatic N) is 3. The Hall–Kier alpha value is -2.41. The number of rotatable bonds is 14. The Kier molecular flexibility index (Phi) is 11.9. The van der Waals surface area contributed by atoms with Crippen LogP contribution in [-0.4, -0.2) is 68.2 Å². The predicted molar refractivity (Wildman–Crippen MR) is 128 cm³/mol. The van der Waals surface area contributed by atoms with E-state index in [0.29, 0.717) is 13.0 Å². The molecule has 0 spiro atoms. The van der Waals surface area contributed by atoms with Crippen molar-refractivity contribution in [3.8, 4) is 0 Å². The first-order valence-corrected chi connectivity index (χ1v) is 11.2. The van der Waals surface area contributed by atoms with E-state index >= 15 is 0 Å². The summed E-state index contributed by atoms with van der Waals surface area (Å²) >= 11 is 0. The van der Waals surface area contributed by atoms with Crippen LogP contribution >= 0.6 is 0 Å². The van der Waals surface area contributed by atoms with Gasteiger partial charge in [0.2, 0.25) is 5.91 Å². The van der Waals surface area contributed by atoms with E-state index in [0.717, 1.165) is 32.1 Å². The van der Waals surface area contributed by atoms with Crippen molar-refractivity contribution in [2.24, 2.45) is 22.4 Å². The number of carbonyl (C=O) groups is 2. The molecule has 2 atom stereocenters. The van der Waals surface area contributed by atoms with E-state index in [1.54, 1.807) is 19.0 Å². The summed E-state index contributed by atoms with van der Waals surface area (Å²) < 4.78 is 0. The summed E-state index contributed by atoms with van der Waals surface area (Å²) in [5, 5.41) is 0. The van der Waals surface area contributed by atoms with Gasteiger partial charge in [0.15, 0.2) is 11.7 Å². The van der Waals surface area contributed by atoms with Gasteiger partial charge in [-0.2, -0.15) is 0 Å². The average molecular weight is 432 g/mol. The molecule has 4 N–H and O–H groups in total. The van der Waals surface area contributed by atoms with E-state index in [1.165, 1.54) is 11.1 Å². The van der Waals surface area contributed by atoms with Gasteiger partial charge < -0.3 is 16.4 Å². The maximum absolute atomic E-state index is 13.2. The monoisotopic (exact) mass is 431 g/mol. The molecular weight excluding hydrogens is 390 g/mol. The molecule has 0 bridgehead atoms. The number of aliphatic imine (C=N–C) groups is 1. The van der Waals surface area contributed by atoms with Crippen LogP contribution in [0.2, 0.25) is 0 Å². The zero-order valence-corrected chi connectivity index (χ0v) is 19.9. The van der Waals surface area contributed by atoms with Crippen LogP contribution in [-0.2, 0) is 22.4 Å². The maximum atomic E-state index is 13.2. The van der Waals surface area contributed by atoms with Crippen LogP contribution in [0.15, 0.2) is 29.3 Å². The number of aryl methyl sites for hydroxylation is 2. The third-order valence-corrected chi connectivity index (χ3v) is 5.63. The highest BCUT2D eigenvalue weighted by atomic mass is 16.2. The van der Waals surface area contributed by atoms with Gasteiger partial charge in [0, 0.05) is 33.0 Å². The number of carbonyl (C=O) groups excluding carboxylic acids is 2. The molecule has 0 saturated carbocycles. The molecule has 7 heteroatoms. The van der Waals surface area contributed by atoms with Gasteiger partial charge in [0.1, 0.15) is 0 Å². The zero-order chi connectivity index (χ0) is 23.4. The second-order valence-corrected chi connectivity index (χ2v) is 8.59. The van der Waals surface area contributed by atoms with Crippen molar-refractivity contribution < 1.29 is 9.59 Å². The smallest absolute Gasteiger partial charge is 0.225 e. The first kappa shape index (κ1) is 26.6. The molecule has 0 aromatic heterocycles. The van der Waals surface area contributed by atoms with E-state index in [4.69, 9.17) is 11.5 Å². The zero-order valence-electron chi connectivity index (χ0n) is 19.9. The van der Waals surface area contributed by atoms with Gasteiger partial charge in [0.05, 0.1) is 6.04 Å². The lowest BCUT2D eigenvalue weighted by Crippen LogP contribution is -2.39. The van der Waals surface area contributed by atoms with Crippen LogP contribution in [0, 0.1) is 5.92 Å². The number of amides is 1. The molecule has 0 aliphatic carbocycles. The van der Waals surface area contributed by atoms with Gasteiger partial charge in [-0.05, 0) is 57.3 Å². The Labute approximate surface area is 187 Å². The Morgan fingerprint density at radius 3 is 2.10 bits per heavy atom. The topological polar surface area (TPSA) is 105 Å². The molecule has 174 valence electrons. The number of nitrogens with two attached hydrogens (primary N) is 2. The van der Waals surface area contributed by atoms with Gasteiger partial charge in [-0.25, -0.2) is 0 Å². The number of ketones is 1. The molecule has 1 aromatic carbocycles. The van der Waals surface area contributed by atoms with E-state index < -0.39 is 0 Å². The lowest BCUT2D eigenvalue weighted by atomic mass is 9.90. The molecule has 0 radical (unpaired) electrons. The number of guanidine groups is 1. The quantitative estimate of drug-likeness (QED) is 0.267.